The molecule has 0 bridgehead atoms. The maximum absolute atomic E-state index is 13.2. The van der Waals surface area contributed by atoms with Crippen LogP contribution in [0.15, 0.2) is 61.2 Å². The average Bonchev–Trinajstić information content (AvgIpc) is 3.27. The van der Waals surface area contributed by atoms with Gasteiger partial charge in [0.1, 0.15) is 41.5 Å². The van der Waals surface area contributed by atoms with Gasteiger partial charge in [0, 0.05) is 6.07 Å². The third kappa shape index (κ3) is 4.62. The SMILES string of the molecule is C[C@H]1O[C@@H](c2ncnc3c2ncn3Cc2ccccc2)[C@H](Oc2cccc(C(F)(F)F)n2)[C@@H](O)[C@H]1O. The molecule has 2 N–H and O–H groups in total. The number of hydrogen-bond acceptors (Lipinski definition) is 8. The summed E-state index contributed by atoms with van der Waals surface area (Å²) >= 11 is 0. The van der Waals surface area contributed by atoms with Crippen molar-refractivity contribution in [3.8, 4) is 5.88 Å². The first-order valence-electron chi connectivity index (χ1n) is 11.1. The third-order valence-electron chi connectivity index (χ3n) is 5.99. The van der Waals surface area contributed by atoms with Crippen molar-refractivity contribution in [2.75, 3.05) is 0 Å². The summed E-state index contributed by atoms with van der Waals surface area (Å²) in [6, 6.07) is 12.9. The molecule has 1 aliphatic rings. The van der Waals surface area contributed by atoms with E-state index >= 15 is 0 Å². The average molecular weight is 501 g/mol. The minimum absolute atomic E-state index is 0.265. The summed E-state index contributed by atoms with van der Waals surface area (Å²) in [4.78, 5) is 16.6. The number of rotatable bonds is 5. The van der Waals surface area contributed by atoms with Crippen LogP contribution in [0.25, 0.3) is 11.2 Å². The number of pyridine rings is 1. The Morgan fingerprint density at radius 1 is 1.00 bits per heavy atom. The van der Waals surface area contributed by atoms with Gasteiger partial charge in [-0.3, -0.25) is 0 Å². The highest BCUT2D eigenvalue weighted by molar-refractivity contribution is 5.73. The van der Waals surface area contributed by atoms with E-state index < -0.39 is 42.4 Å². The Morgan fingerprint density at radius 3 is 2.53 bits per heavy atom. The first-order chi connectivity index (χ1) is 17.2. The van der Waals surface area contributed by atoms with E-state index in [0.29, 0.717) is 17.7 Å². The zero-order valence-electron chi connectivity index (χ0n) is 18.9. The van der Waals surface area contributed by atoms with Crippen molar-refractivity contribution in [3.63, 3.8) is 0 Å². The molecule has 0 radical (unpaired) electrons. The van der Waals surface area contributed by atoms with Crippen LogP contribution >= 0.6 is 0 Å². The van der Waals surface area contributed by atoms with Gasteiger partial charge in [0.15, 0.2) is 11.8 Å². The summed E-state index contributed by atoms with van der Waals surface area (Å²) in [5, 5.41) is 21.2. The number of halogens is 3. The summed E-state index contributed by atoms with van der Waals surface area (Å²) in [6.45, 7) is 2.05. The van der Waals surface area contributed by atoms with Crippen LogP contribution < -0.4 is 4.74 Å². The summed E-state index contributed by atoms with van der Waals surface area (Å²) in [5.74, 6) is -0.385. The Bertz CT molecular complexity index is 1350. The predicted octanol–water partition coefficient (Wildman–Crippen LogP) is 2.92. The molecule has 0 aliphatic carbocycles. The number of nitrogens with zero attached hydrogens (tertiary/aromatic N) is 5. The zero-order valence-corrected chi connectivity index (χ0v) is 18.9. The normalized spacial score (nSPS) is 24.7. The smallest absolute Gasteiger partial charge is 0.433 e. The Kier molecular flexibility index (Phi) is 6.33. The maximum Gasteiger partial charge on any atom is 0.433 e. The van der Waals surface area contributed by atoms with E-state index in [1.54, 1.807) is 13.3 Å². The lowest BCUT2D eigenvalue weighted by Crippen LogP contribution is -2.55. The fraction of sp³-hybridized carbons (Fsp3) is 0.333. The lowest BCUT2D eigenvalue weighted by atomic mass is 9.93. The molecule has 1 saturated heterocycles. The second kappa shape index (κ2) is 9.45. The van der Waals surface area contributed by atoms with E-state index in [-0.39, 0.29) is 11.6 Å². The molecule has 0 amide bonds. The number of imidazole rings is 1. The number of aromatic nitrogens is 5. The molecule has 12 heteroatoms. The van der Waals surface area contributed by atoms with E-state index in [9.17, 15) is 23.4 Å². The highest BCUT2D eigenvalue weighted by atomic mass is 19.4. The topological polar surface area (TPSA) is 115 Å². The molecule has 0 saturated carbocycles. The van der Waals surface area contributed by atoms with Crippen LogP contribution in [0.1, 0.15) is 30.0 Å². The maximum atomic E-state index is 13.2. The number of aliphatic hydroxyl groups is 2. The summed E-state index contributed by atoms with van der Waals surface area (Å²) in [5.41, 5.74) is 1.01. The van der Waals surface area contributed by atoms with Crippen molar-refractivity contribution in [1.29, 1.82) is 0 Å². The van der Waals surface area contributed by atoms with E-state index in [4.69, 9.17) is 9.47 Å². The molecule has 9 nitrogen and oxygen atoms in total. The summed E-state index contributed by atoms with van der Waals surface area (Å²) in [6.07, 6.45) is -7.88. The first kappa shape index (κ1) is 24.1. The molecular formula is C24H22F3N5O4. The van der Waals surface area contributed by atoms with Crippen molar-refractivity contribution < 1.29 is 32.9 Å². The number of aliphatic hydroxyl groups excluding tert-OH is 2. The number of fused-ring (bicyclic) bond motifs is 1. The quantitative estimate of drug-likeness (QED) is 0.429. The van der Waals surface area contributed by atoms with Crippen molar-refractivity contribution >= 4 is 11.2 Å². The van der Waals surface area contributed by atoms with Crippen LogP contribution in [0.2, 0.25) is 0 Å². The van der Waals surface area contributed by atoms with Gasteiger partial charge in [0.25, 0.3) is 0 Å². The lowest BCUT2D eigenvalue weighted by molar-refractivity contribution is -0.213. The zero-order chi connectivity index (χ0) is 25.4. The number of hydrogen-bond donors (Lipinski definition) is 2. The Labute approximate surface area is 203 Å². The Morgan fingerprint density at radius 2 is 1.78 bits per heavy atom. The molecule has 4 heterocycles. The number of ether oxygens (including phenoxy) is 2. The van der Waals surface area contributed by atoms with Crippen molar-refractivity contribution in [2.24, 2.45) is 0 Å². The van der Waals surface area contributed by atoms with Crippen LogP contribution in [0.5, 0.6) is 5.88 Å². The molecule has 0 spiro atoms. The van der Waals surface area contributed by atoms with Gasteiger partial charge >= 0.3 is 6.18 Å². The first-order valence-corrected chi connectivity index (χ1v) is 11.1. The Balaban J connectivity index is 1.52. The minimum atomic E-state index is -4.68. The molecule has 1 fully saturated rings. The van der Waals surface area contributed by atoms with Gasteiger partial charge in [0.2, 0.25) is 5.88 Å². The van der Waals surface area contributed by atoms with Gasteiger partial charge in [-0.2, -0.15) is 13.2 Å². The van der Waals surface area contributed by atoms with E-state index in [1.165, 1.54) is 12.4 Å². The molecule has 0 unspecified atom stereocenters. The fourth-order valence-corrected chi connectivity index (χ4v) is 4.17. The van der Waals surface area contributed by atoms with Crippen LogP contribution in [0.3, 0.4) is 0 Å². The van der Waals surface area contributed by atoms with E-state index in [1.807, 2.05) is 34.9 Å². The van der Waals surface area contributed by atoms with Crippen molar-refractivity contribution in [1.82, 2.24) is 24.5 Å². The molecule has 1 aromatic carbocycles. The highest BCUT2D eigenvalue weighted by Crippen LogP contribution is 2.37. The van der Waals surface area contributed by atoms with Gasteiger partial charge in [-0.1, -0.05) is 36.4 Å². The second-order valence-electron chi connectivity index (χ2n) is 8.47. The molecule has 4 aromatic rings. The molecule has 5 atom stereocenters. The number of alkyl halides is 3. The standard InChI is InChI=1S/C24H22F3N5O4/c1-13-19(33)20(34)22(36-16-9-5-8-15(31-16)24(25,26)27)21(35-13)17-18-23(29-11-28-17)32(12-30-18)10-14-6-3-2-4-7-14/h2-9,11-13,19-22,33-34H,10H2,1H3/t13-,19+,20+,21+,22-/m1/s1. The van der Waals surface area contributed by atoms with Crippen LogP contribution in [0.4, 0.5) is 13.2 Å². The van der Waals surface area contributed by atoms with E-state index in [2.05, 4.69) is 19.9 Å². The molecule has 188 valence electrons. The van der Waals surface area contributed by atoms with Crippen molar-refractivity contribution in [2.45, 2.75) is 50.2 Å². The van der Waals surface area contributed by atoms with E-state index in [0.717, 1.165) is 17.7 Å². The molecule has 36 heavy (non-hydrogen) atoms. The fourth-order valence-electron chi connectivity index (χ4n) is 4.17. The minimum Gasteiger partial charge on any atom is -0.468 e. The molecule has 3 aromatic heterocycles. The molecule has 5 rings (SSSR count). The second-order valence-corrected chi connectivity index (χ2v) is 8.47. The van der Waals surface area contributed by atoms with Gasteiger partial charge < -0.3 is 24.3 Å². The Hall–Kier alpha value is -3.61. The van der Waals surface area contributed by atoms with Crippen LogP contribution in [-0.2, 0) is 17.5 Å². The monoisotopic (exact) mass is 501 g/mol. The van der Waals surface area contributed by atoms with Gasteiger partial charge in [-0.15, -0.1) is 0 Å². The van der Waals surface area contributed by atoms with Gasteiger partial charge in [0.05, 0.1) is 19.0 Å². The summed E-state index contributed by atoms with van der Waals surface area (Å²) < 4.78 is 52.9. The molecule has 1 aliphatic heterocycles. The largest absolute Gasteiger partial charge is 0.468 e. The lowest BCUT2D eigenvalue weighted by Gasteiger charge is -2.41. The van der Waals surface area contributed by atoms with Crippen LogP contribution in [-0.4, -0.2) is 59.1 Å². The predicted molar refractivity (Wildman–Crippen MR) is 120 cm³/mol. The van der Waals surface area contributed by atoms with Gasteiger partial charge in [-0.25, -0.2) is 19.9 Å². The number of benzene rings is 1. The molecular weight excluding hydrogens is 479 g/mol. The third-order valence-corrected chi connectivity index (χ3v) is 5.99. The highest BCUT2D eigenvalue weighted by Gasteiger charge is 2.47. The van der Waals surface area contributed by atoms with Crippen LogP contribution in [0, 0.1) is 0 Å². The summed E-state index contributed by atoms with van der Waals surface area (Å²) in [7, 11) is 0. The van der Waals surface area contributed by atoms with Gasteiger partial charge in [-0.05, 0) is 18.6 Å². The van der Waals surface area contributed by atoms with Crippen molar-refractivity contribution in [3.05, 3.63) is 78.1 Å².